The second-order valence-electron chi connectivity index (χ2n) is 11.1. The minimum atomic E-state index is -1.22. The molecular formula is C31H42N7O3P. The molecule has 1 aliphatic rings. The maximum atomic E-state index is 6.35. The number of piperidine rings is 1. The molecule has 0 spiro atoms. The molecule has 0 atom stereocenters. The highest BCUT2D eigenvalue weighted by Gasteiger charge is 2.23. The Bertz CT molecular complexity index is 1470. The molecule has 5 rings (SSSR count). The molecule has 1 aliphatic heterocycles. The van der Waals surface area contributed by atoms with Crippen molar-refractivity contribution in [3.05, 3.63) is 54.7 Å². The number of ether oxygens (including phenoxy) is 1. The second-order valence-corrected chi connectivity index (χ2v) is 12.8. The highest BCUT2D eigenvalue weighted by atomic mass is 31.2. The summed E-state index contributed by atoms with van der Waals surface area (Å²) in [6, 6.07) is 16.8. The zero-order valence-corrected chi connectivity index (χ0v) is 26.2. The molecule has 2 aromatic heterocycles. The number of aromatic amines is 1. The van der Waals surface area contributed by atoms with Crippen LogP contribution in [0.1, 0.15) is 26.7 Å². The van der Waals surface area contributed by atoms with Crippen molar-refractivity contribution in [1.29, 1.82) is 0 Å². The summed E-state index contributed by atoms with van der Waals surface area (Å²) in [6.07, 6.45) is 4.13. The van der Waals surface area contributed by atoms with Gasteiger partial charge in [-0.05, 0) is 63.2 Å². The fraction of sp³-hybridized carbons (Fsp3) is 0.419. The first-order chi connectivity index (χ1) is 20.4. The lowest BCUT2D eigenvalue weighted by Crippen LogP contribution is -2.42. The summed E-state index contributed by atoms with van der Waals surface area (Å²) in [7, 11) is 6.42. The number of nitrogens with one attached hydrogen (secondary N) is 3. The Hall–Kier alpha value is -3.43. The molecule has 0 bridgehead atoms. The Morgan fingerprint density at radius 1 is 1.02 bits per heavy atom. The van der Waals surface area contributed by atoms with Gasteiger partial charge in [-0.15, -0.1) is 0 Å². The molecule has 0 aliphatic carbocycles. The summed E-state index contributed by atoms with van der Waals surface area (Å²) in [5.41, 5.74) is 3.59. The van der Waals surface area contributed by atoms with Gasteiger partial charge in [0, 0.05) is 51.3 Å². The van der Waals surface area contributed by atoms with E-state index in [0.29, 0.717) is 30.3 Å². The number of nitrogens with zero attached hydrogens (tertiary/aromatic N) is 4. The number of anilines is 5. The molecule has 42 heavy (non-hydrogen) atoms. The topological polar surface area (TPSA) is 99.8 Å². The van der Waals surface area contributed by atoms with E-state index in [1.807, 2.05) is 36.5 Å². The molecule has 0 amide bonds. The van der Waals surface area contributed by atoms with Crippen molar-refractivity contribution in [2.75, 3.05) is 63.5 Å². The molecule has 1 saturated heterocycles. The number of fused-ring (bicyclic) bond motifs is 1. The Kier molecular flexibility index (Phi) is 9.80. The van der Waals surface area contributed by atoms with Gasteiger partial charge in [0.15, 0.2) is 0 Å². The summed E-state index contributed by atoms with van der Waals surface area (Å²) >= 11 is 0. The Balaban J connectivity index is 1.42. The van der Waals surface area contributed by atoms with Gasteiger partial charge in [-0.1, -0.05) is 26.0 Å². The van der Waals surface area contributed by atoms with Crippen LogP contribution in [-0.2, 0) is 9.05 Å². The van der Waals surface area contributed by atoms with Crippen LogP contribution in [0.2, 0.25) is 0 Å². The van der Waals surface area contributed by atoms with Gasteiger partial charge < -0.3 is 39.2 Å². The summed E-state index contributed by atoms with van der Waals surface area (Å²) in [5, 5.41) is 8.73. The molecule has 0 unspecified atom stereocenters. The van der Waals surface area contributed by atoms with E-state index in [1.165, 1.54) is 0 Å². The summed E-state index contributed by atoms with van der Waals surface area (Å²) in [4.78, 5) is 17.6. The number of hydrogen-bond donors (Lipinski definition) is 3. The summed E-state index contributed by atoms with van der Waals surface area (Å²) < 4.78 is 17.5. The first-order valence-electron chi connectivity index (χ1n) is 14.4. The summed E-state index contributed by atoms with van der Waals surface area (Å²) in [6.45, 7) is 6.99. The van der Waals surface area contributed by atoms with E-state index < -0.39 is 8.38 Å². The average molecular weight is 592 g/mol. The van der Waals surface area contributed by atoms with Crippen LogP contribution in [0.4, 0.5) is 28.8 Å². The first-order valence-corrected chi connectivity index (χ1v) is 15.6. The van der Waals surface area contributed by atoms with Crippen LogP contribution in [0.25, 0.3) is 11.0 Å². The van der Waals surface area contributed by atoms with Crippen molar-refractivity contribution < 1.29 is 13.8 Å². The molecule has 11 heteroatoms. The van der Waals surface area contributed by atoms with Crippen LogP contribution >= 0.6 is 8.38 Å². The lowest BCUT2D eigenvalue weighted by molar-refractivity contribution is 0.247. The fourth-order valence-corrected chi connectivity index (χ4v) is 6.28. The maximum absolute atomic E-state index is 6.35. The van der Waals surface area contributed by atoms with Crippen LogP contribution < -0.4 is 25.6 Å². The molecule has 1 fully saturated rings. The zero-order chi connectivity index (χ0) is 29.6. The van der Waals surface area contributed by atoms with E-state index in [9.17, 15) is 0 Å². The molecule has 2 aromatic carbocycles. The van der Waals surface area contributed by atoms with Crippen molar-refractivity contribution in [3.63, 3.8) is 0 Å². The predicted molar refractivity (Wildman–Crippen MR) is 173 cm³/mol. The Morgan fingerprint density at radius 2 is 1.79 bits per heavy atom. The van der Waals surface area contributed by atoms with Crippen LogP contribution in [0, 0.1) is 5.92 Å². The molecule has 3 heterocycles. The Labute approximate surface area is 249 Å². The quantitative estimate of drug-likeness (QED) is 0.165. The van der Waals surface area contributed by atoms with E-state index in [4.69, 9.17) is 23.8 Å². The van der Waals surface area contributed by atoms with E-state index in [1.54, 1.807) is 14.2 Å². The van der Waals surface area contributed by atoms with Gasteiger partial charge >= 0.3 is 0 Å². The summed E-state index contributed by atoms with van der Waals surface area (Å²) in [5.74, 6) is 2.44. The third kappa shape index (κ3) is 6.95. The lowest BCUT2D eigenvalue weighted by atomic mass is 10.0. The third-order valence-corrected chi connectivity index (χ3v) is 8.87. The van der Waals surface area contributed by atoms with E-state index in [2.05, 4.69) is 71.6 Å². The fourth-order valence-electron chi connectivity index (χ4n) is 5.21. The van der Waals surface area contributed by atoms with E-state index in [-0.39, 0.29) is 0 Å². The standard InChI is InChI=1S/C31H42N7O3P/c1-21(2)20-41-27-19-22(11-12-26(27)38-17-14-23(15-18-38)37(3)4)33-31-35-29-24(13-16-32-29)30(36-31)34-25-9-7-8-10-28(25)42(39-5)40-6/h7-13,16,19,21,23H,14-15,17-18,20H2,1-6H3,(H3,32,33,34,35,36). The zero-order valence-electron chi connectivity index (χ0n) is 25.3. The van der Waals surface area contributed by atoms with Crippen molar-refractivity contribution in [1.82, 2.24) is 19.9 Å². The number of para-hydroxylation sites is 1. The molecule has 4 aromatic rings. The minimum absolute atomic E-state index is 0.418. The van der Waals surface area contributed by atoms with Crippen molar-refractivity contribution in [3.8, 4) is 5.75 Å². The van der Waals surface area contributed by atoms with Gasteiger partial charge in [-0.3, -0.25) is 0 Å². The van der Waals surface area contributed by atoms with Crippen LogP contribution in [-0.4, -0.2) is 73.9 Å². The smallest absolute Gasteiger partial charge is 0.231 e. The van der Waals surface area contributed by atoms with Gasteiger partial charge in [0.1, 0.15) is 17.2 Å². The largest absolute Gasteiger partial charge is 0.491 e. The number of H-pyrrole nitrogens is 1. The average Bonchev–Trinajstić information content (AvgIpc) is 3.47. The number of benzene rings is 2. The van der Waals surface area contributed by atoms with Gasteiger partial charge in [0.2, 0.25) is 14.3 Å². The maximum Gasteiger partial charge on any atom is 0.231 e. The third-order valence-electron chi connectivity index (χ3n) is 7.42. The number of aromatic nitrogens is 3. The van der Waals surface area contributed by atoms with Gasteiger partial charge in [0.05, 0.1) is 28.7 Å². The molecule has 3 N–H and O–H groups in total. The normalized spacial score (nSPS) is 14.4. The second kappa shape index (κ2) is 13.7. The van der Waals surface area contributed by atoms with Gasteiger partial charge in [-0.2, -0.15) is 9.97 Å². The van der Waals surface area contributed by atoms with E-state index >= 15 is 0 Å². The Morgan fingerprint density at radius 3 is 2.50 bits per heavy atom. The van der Waals surface area contributed by atoms with Crippen LogP contribution in [0.5, 0.6) is 5.75 Å². The van der Waals surface area contributed by atoms with Crippen molar-refractivity contribution in [2.24, 2.45) is 5.92 Å². The minimum Gasteiger partial charge on any atom is -0.491 e. The highest BCUT2D eigenvalue weighted by Crippen LogP contribution is 2.39. The molecule has 0 radical (unpaired) electrons. The van der Waals surface area contributed by atoms with Gasteiger partial charge in [-0.25, -0.2) is 0 Å². The SMILES string of the molecule is COP(OC)c1ccccc1Nc1nc(Nc2ccc(N3CCC(N(C)C)CC3)c(OCC(C)C)c2)nc2[nH]ccc12. The van der Waals surface area contributed by atoms with Crippen molar-refractivity contribution >= 4 is 53.5 Å². The number of hydrogen-bond acceptors (Lipinski definition) is 9. The predicted octanol–water partition coefficient (Wildman–Crippen LogP) is 6.24. The monoisotopic (exact) mass is 591 g/mol. The highest BCUT2D eigenvalue weighted by molar-refractivity contribution is 7.56. The van der Waals surface area contributed by atoms with Gasteiger partial charge in [0.25, 0.3) is 0 Å². The molecule has 10 nitrogen and oxygen atoms in total. The number of rotatable bonds is 12. The lowest BCUT2D eigenvalue weighted by Gasteiger charge is -2.37. The van der Waals surface area contributed by atoms with Crippen LogP contribution in [0.15, 0.2) is 54.7 Å². The molecule has 0 saturated carbocycles. The first kappa shape index (κ1) is 30.0. The van der Waals surface area contributed by atoms with Crippen molar-refractivity contribution in [2.45, 2.75) is 32.7 Å². The van der Waals surface area contributed by atoms with Crippen LogP contribution in [0.3, 0.4) is 0 Å². The van der Waals surface area contributed by atoms with E-state index in [0.717, 1.165) is 65.1 Å². The molecular weight excluding hydrogens is 549 g/mol. The molecule has 224 valence electrons.